The predicted molar refractivity (Wildman–Crippen MR) is 78.5 cm³/mol. The topological polar surface area (TPSA) is 56.8 Å². The smallest absolute Gasteiger partial charge is 0.290 e. The fourth-order valence-corrected chi connectivity index (χ4v) is 2.96. The predicted octanol–water partition coefficient (Wildman–Crippen LogP) is -0.525. The highest BCUT2D eigenvalue weighted by Gasteiger charge is 2.16. The number of hydrogen-bond donors (Lipinski definition) is 1. The second kappa shape index (κ2) is 7.21. The molecule has 0 saturated heterocycles. The van der Waals surface area contributed by atoms with Crippen LogP contribution < -0.4 is 22.3 Å². The van der Waals surface area contributed by atoms with Gasteiger partial charge in [0, 0.05) is 16.5 Å². The number of anilines is 1. The third kappa shape index (κ3) is 4.03. The van der Waals surface area contributed by atoms with Crippen molar-refractivity contribution in [1.29, 1.82) is 5.26 Å². The number of carbonyl (C=O) groups is 1. The molecule has 0 aliphatic carbocycles. The highest BCUT2D eigenvalue weighted by Crippen LogP contribution is 2.31. The van der Waals surface area contributed by atoms with Crippen LogP contribution in [0.25, 0.3) is 0 Å². The number of nitrogens with zero attached hydrogens (tertiary/aromatic N) is 2. The minimum absolute atomic E-state index is 0. The number of aromatic nitrogens is 1. The van der Waals surface area contributed by atoms with Gasteiger partial charge in [0.25, 0.3) is 5.91 Å². The fraction of sp³-hybridized carbons (Fsp3) is 0.267. The lowest BCUT2D eigenvalue weighted by Crippen LogP contribution is -3.00. The van der Waals surface area contributed by atoms with E-state index in [1.54, 1.807) is 0 Å². The van der Waals surface area contributed by atoms with Gasteiger partial charge in [0.05, 0.1) is 5.56 Å². The van der Waals surface area contributed by atoms with Crippen LogP contribution in [0.4, 0.5) is 5.00 Å². The highest BCUT2D eigenvalue weighted by atomic mass is 35.5. The minimum Gasteiger partial charge on any atom is -1.00 e. The molecule has 4 nitrogen and oxygen atoms in total. The molecule has 2 rings (SSSR count). The molecular weight excluding hydrogens is 306 g/mol. The average Bonchev–Trinajstić information content (AvgIpc) is 2.64. The molecule has 0 fully saturated rings. The van der Waals surface area contributed by atoms with E-state index in [1.807, 2.05) is 49.9 Å². The molecular formula is C15H16ClN3OS. The minimum atomic E-state index is -0.127. The third-order valence-corrected chi connectivity index (χ3v) is 4.21. The van der Waals surface area contributed by atoms with Crippen LogP contribution >= 0.6 is 11.3 Å². The standard InChI is InChI=1S/C15H15N3OS.ClH/c1-10-5-4-6-18(8-10)9-14(19)17-15-13(7-16)11(2)12(3)20-15;/h4-6,8H,9H2,1-3H3;1H. The Labute approximate surface area is 134 Å². The van der Waals surface area contributed by atoms with E-state index >= 15 is 0 Å². The van der Waals surface area contributed by atoms with Crippen molar-refractivity contribution in [2.75, 3.05) is 5.32 Å². The third-order valence-electron chi connectivity index (χ3n) is 3.08. The fourth-order valence-electron chi connectivity index (χ4n) is 1.93. The molecule has 2 heterocycles. The van der Waals surface area contributed by atoms with Crippen LogP contribution in [0, 0.1) is 32.1 Å². The number of nitriles is 1. The molecule has 21 heavy (non-hydrogen) atoms. The molecule has 2 aromatic heterocycles. The number of thiophene rings is 1. The maximum absolute atomic E-state index is 12.0. The summed E-state index contributed by atoms with van der Waals surface area (Å²) < 4.78 is 1.82. The van der Waals surface area contributed by atoms with Crippen LogP contribution in [0.2, 0.25) is 0 Å². The second-order valence-corrected chi connectivity index (χ2v) is 5.93. The lowest BCUT2D eigenvalue weighted by Gasteiger charge is -2.01. The molecule has 0 spiro atoms. The number of hydrogen-bond acceptors (Lipinski definition) is 3. The number of nitrogens with one attached hydrogen (secondary N) is 1. The van der Waals surface area contributed by atoms with Crippen LogP contribution in [0.5, 0.6) is 0 Å². The van der Waals surface area contributed by atoms with Gasteiger partial charge < -0.3 is 17.7 Å². The van der Waals surface area contributed by atoms with E-state index in [0.717, 1.165) is 16.0 Å². The lowest BCUT2D eigenvalue weighted by atomic mass is 10.2. The van der Waals surface area contributed by atoms with Gasteiger partial charge in [0.1, 0.15) is 11.1 Å². The van der Waals surface area contributed by atoms with Crippen molar-refractivity contribution in [3.05, 3.63) is 46.1 Å². The van der Waals surface area contributed by atoms with Crippen LogP contribution in [-0.2, 0) is 11.3 Å². The Morgan fingerprint density at radius 2 is 2.14 bits per heavy atom. The number of rotatable bonds is 3. The van der Waals surface area contributed by atoms with Gasteiger partial charge in [-0.2, -0.15) is 9.83 Å². The molecule has 0 aliphatic rings. The second-order valence-electron chi connectivity index (χ2n) is 4.70. The van der Waals surface area contributed by atoms with E-state index in [9.17, 15) is 4.79 Å². The molecule has 110 valence electrons. The summed E-state index contributed by atoms with van der Waals surface area (Å²) in [7, 11) is 0. The van der Waals surface area contributed by atoms with E-state index in [2.05, 4.69) is 11.4 Å². The molecule has 2 aromatic rings. The van der Waals surface area contributed by atoms with E-state index in [-0.39, 0.29) is 24.9 Å². The summed E-state index contributed by atoms with van der Waals surface area (Å²) in [6.07, 6.45) is 3.76. The van der Waals surface area contributed by atoms with Gasteiger partial charge in [0.15, 0.2) is 12.4 Å². The van der Waals surface area contributed by atoms with Crippen LogP contribution in [-0.4, -0.2) is 5.91 Å². The number of pyridine rings is 1. The first-order valence-corrected chi connectivity index (χ1v) is 7.08. The van der Waals surface area contributed by atoms with Crippen LogP contribution in [0.3, 0.4) is 0 Å². The first kappa shape index (κ1) is 17.2. The molecule has 6 heteroatoms. The summed E-state index contributed by atoms with van der Waals surface area (Å²) in [5.74, 6) is -0.127. The van der Waals surface area contributed by atoms with Crippen molar-refractivity contribution in [2.24, 2.45) is 0 Å². The first-order valence-electron chi connectivity index (χ1n) is 6.27. The van der Waals surface area contributed by atoms with Gasteiger partial charge in [-0.15, -0.1) is 11.3 Å². The van der Waals surface area contributed by atoms with Gasteiger partial charge in [-0.25, -0.2) is 0 Å². The van der Waals surface area contributed by atoms with E-state index < -0.39 is 0 Å². The molecule has 0 aromatic carbocycles. The van der Waals surface area contributed by atoms with E-state index in [0.29, 0.717) is 10.6 Å². The summed E-state index contributed by atoms with van der Waals surface area (Å²) in [6.45, 7) is 6.07. The number of amides is 1. The summed E-state index contributed by atoms with van der Waals surface area (Å²) >= 11 is 1.44. The highest BCUT2D eigenvalue weighted by molar-refractivity contribution is 7.16. The molecule has 0 aliphatic heterocycles. The van der Waals surface area contributed by atoms with Gasteiger partial charge >= 0.3 is 0 Å². The van der Waals surface area contributed by atoms with Crippen molar-refractivity contribution in [3.63, 3.8) is 0 Å². The molecule has 1 N–H and O–H groups in total. The van der Waals surface area contributed by atoms with Gasteiger partial charge in [-0.3, -0.25) is 4.79 Å². The van der Waals surface area contributed by atoms with Gasteiger partial charge in [-0.1, -0.05) is 0 Å². The van der Waals surface area contributed by atoms with Crippen molar-refractivity contribution in [1.82, 2.24) is 0 Å². The Morgan fingerprint density at radius 3 is 2.76 bits per heavy atom. The largest absolute Gasteiger partial charge is 1.00 e. The van der Waals surface area contributed by atoms with Crippen molar-refractivity contribution < 1.29 is 21.8 Å². The van der Waals surface area contributed by atoms with Crippen molar-refractivity contribution in [2.45, 2.75) is 27.3 Å². The Hall–Kier alpha value is -1.90. The molecule has 0 bridgehead atoms. The Morgan fingerprint density at radius 1 is 1.43 bits per heavy atom. The van der Waals surface area contributed by atoms with E-state index in [1.165, 1.54) is 11.3 Å². The lowest BCUT2D eigenvalue weighted by molar-refractivity contribution is -0.684. The summed E-state index contributed by atoms with van der Waals surface area (Å²) in [6, 6.07) is 6.04. The quantitative estimate of drug-likeness (QED) is 0.773. The Balaban J connectivity index is 0.00000220. The van der Waals surface area contributed by atoms with Gasteiger partial charge in [-0.05, 0) is 32.4 Å². The van der Waals surface area contributed by atoms with Gasteiger partial charge in [0.2, 0.25) is 6.54 Å². The average molecular weight is 322 g/mol. The first-order chi connectivity index (χ1) is 9.51. The van der Waals surface area contributed by atoms with Crippen LogP contribution in [0.15, 0.2) is 24.5 Å². The summed E-state index contributed by atoms with van der Waals surface area (Å²) in [5.41, 5.74) is 2.60. The maximum atomic E-state index is 12.0. The maximum Gasteiger partial charge on any atom is 0.290 e. The SMILES string of the molecule is Cc1ccc[n+](CC(=O)Nc2sc(C)c(C)c2C#N)c1.[Cl-]. The number of halogens is 1. The van der Waals surface area contributed by atoms with Crippen molar-refractivity contribution in [3.8, 4) is 6.07 Å². The molecule has 1 amide bonds. The number of carbonyl (C=O) groups excluding carboxylic acids is 1. The number of aryl methyl sites for hydroxylation is 2. The monoisotopic (exact) mass is 321 g/mol. The van der Waals surface area contributed by atoms with Crippen LogP contribution in [0.1, 0.15) is 21.6 Å². The zero-order valence-corrected chi connectivity index (χ0v) is 13.7. The Kier molecular flexibility index (Phi) is 5.89. The van der Waals surface area contributed by atoms with E-state index in [4.69, 9.17) is 5.26 Å². The molecule has 0 unspecified atom stereocenters. The summed E-state index contributed by atoms with van der Waals surface area (Å²) in [4.78, 5) is 13.1. The molecule has 0 saturated carbocycles. The van der Waals surface area contributed by atoms with Crippen molar-refractivity contribution >= 4 is 22.2 Å². The molecule has 0 radical (unpaired) electrons. The zero-order valence-electron chi connectivity index (χ0n) is 12.1. The normalized spacial score (nSPS) is 9.62. The Bertz CT molecular complexity index is 703. The summed E-state index contributed by atoms with van der Waals surface area (Å²) in [5, 5.41) is 12.6. The molecule has 0 atom stereocenters. The zero-order chi connectivity index (χ0) is 14.7.